The van der Waals surface area contributed by atoms with E-state index in [2.05, 4.69) is 26.5 Å². The molecule has 2 amide bonds. The smallest absolute Gasteiger partial charge is 0.255 e. The summed E-state index contributed by atoms with van der Waals surface area (Å²) >= 11 is 0. The molecule has 7 nitrogen and oxygen atoms in total. The van der Waals surface area contributed by atoms with E-state index in [-0.39, 0.29) is 11.8 Å². The molecule has 0 atom stereocenters. The first-order valence-electron chi connectivity index (χ1n) is 12.4. The number of anilines is 3. The van der Waals surface area contributed by atoms with Crippen molar-refractivity contribution < 1.29 is 14.3 Å². The molecule has 3 aromatic rings. The number of hydrogen-bond acceptors (Lipinski definition) is 5. The second-order valence-corrected chi connectivity index (χ2v) is 8.90. The molecule has 1 heterocycles. The van der Waals surface area contributed by atoms with Crippen molar-refractivity contribution in [1.29, 1.82) is 0 Å². The highest BCUT2D eigenvalue weighted by Gasteiger charge is 2.24. The molecule has 0 bridgehead atoms. The average molecular weight is 487 g/mol. The maximum absolute atomic E-state index is 13.1. The number of para-hydroxylation sites is 2. The fourth-order valence-electron chi connectivity index (χ4n) is 4.51. The van der Waals surface area contributed by atoms with Gasteiger partial charge in [-0.3, -0.25) is 9.59 Å². The number of benzene rings is 3. The van der Waals surface area contributed by atoms with Crippen LogP contribution in [0.25, 0.3) is 0 Å². The minimum atomic E-state index is -0.189. The van der Waals surface area contributed by atoms with Crippen molar-refractivity contribution in [2.45, 2.75) is 20.3 Å². The molecular formula is C29H34N4O3. The van der Waals surface area contributed by atoms with Gasteiger partial charge in [0, 0.05) is 49.7 Å². The highest BCUT2D eigenvalue weighted by atomic mass is 16.5. The van der Waals surface area contributed by atoms with Crippen LogP contribution in [-0.2, 0) is 0 Å². The van der Waals surface area contributed by atoms with Gasteiger partial charge in [0.25, 0.3) is 11.8 Å². The van der Waals surface area contributed by atoms with Gasteiger partial charge in [-0.15, -0.1) is 0 Å². The van der Waals surface area contributed by atoms with Crippen molar-refractivity contribution in [2.75, 3.05) is 55.0 Å². The van der Waals surface area contributed by atoms with E-state index in [1.165, 1.54) is 0 Å². The number of carbonyl (C=O) groups is 2. The number of methoxy groups -OCH3 is 1. The summed E-state index contributed by atoms with van der Waals surface area (Å²) in [5, 5.41) is 5.96. The van der Waals surface area contributed by atoms with Gasteiger partial charge in [0.15, 0.2) is 0 Å². The summed E-state index contributed by atoms with van der Waals surface area (Å²) in [5.41, 5.74) is 4.64. The zero-order valence-electron chi connectivity index (χ0n) is 21.2. The normalized spacial score (nSPS) is 13.3. The van der Waals surface area contributed by atoms with Crippen molar-refractivity contribution in [3.05, 3.63) is 83.4 Å². The molecule has 0 aromatic heterocycles. The zero-order valence-corrected chi connectivity index (χ0v) is 21.2. The molecule has 36 heavy (non-hydrogen) atoms. The average Bonchev–Trinajstić information content (AvgIpc) is 2.92. The summed E-state index contributed by atoms with van der Waals surface area (Å²) < 4.78 is 5.54. The summed E-state index contributed by atoms with van der Waals surface area (Å²) in [6.07, 6.45) is 0.850. The van der Waals surface area contributed by atoms with Gasteiger partial charge in [0.2, 0.25) is 0 Å². The van der Waals surface area contributed by atoms with Gasteiger partial charge < -0.3 is 25.2 Å². The third-order valence-corrected chi connectivity index (χ3v) is 6.47. The molecular weight excluding hydrogens is 452 g/mol. The number of nitrogens with zero attached hydrogens (tertiary/aromatic N) is 2. The van der Waals surface area contributed by atoms with E-state index < -0.39 is 0 Å². The highest BCUT2D eigenvalue weighted by molar-refractivity contribution is 6.07. The van der Waals surface area contributed by atoms with Crippen LogP contribution >= 0.6 is 0 Å². The van der Waals surface area contributed by atoms with Crippen LogP contribution < -0.4 is 25.2 Å². The number of hydrogen-bond donors (Lipinski definition) is 2. The highest BCUT2D eigenvalue weighted by Crippen LogP contribution is 2.31. The van der Waals surface area contributed by atoms with Crippen molar-refractivity contribution in [3.8, 4) is 5.75 Å². The zero-order chi connectivity index (χ0) is 25.5. The quantitative estimate of drug-likeness (QED) is 0.482. The molecule has 1 aliphatic heterocycles. The van der Waals surface area contributed by atoms with Crippen LogP contribution in [0.4, 0.5) is 17.1 Å². The van der Waals surface area contributed by atoms with E-state index in [0.717, 1.165) is 55.3 Å². The van der Waals surface area contributed by atoms with Crippen LogP contribution in [0.5, 0.6) is 5.75 Å². The Hall–Kier alpha value is -4.00. The summed E-state index contributed by atoms with van der Waals surface area (Å²) in [6.45, 7) is 7.68. The molecule has 0 aliphatic carbocycles. The van der Waals surface area contributed by atoms with Crippen LogP contribution in [0.15, 0.2) is 66.7 Å². The molecule has 0 radical (unpaired) electrons. The van der Waals surface area contributed by atoms with Gasteiger partial charge in [-0.05, 0) is 55.3 Å². The first-order valence-corrected chi connectivity index (χ1v) is 12.4. The third-order valence-electron chi connectivity index (χ3n) is 6.47. The van der Waals surface area contributed by atoms with Gasteiger partial charge >= 0.3 is 0 Å². The predicted molar refractivity (Wildman–Crippen MR) is 146 cm³/mol. The van der Waals surface area contributed by atoms with Crippen LogP contribution in [-0.4, -0.2) is 51.6 Å². The molecule has 0 spiro atoms. The minimum absolute atomic E-state index is 0.133. The standard InChI is InChI=1S/C29H34N4O3/c1-4-15-30-28(34)24-20-22(31-29(35)23-10-6-5-9-21(23)2)13-14-25(24)32-16-18-33(19-17-32)26-11-7-8-12-27(26)36-3/h5-14,20H,4,15-19H2,1-3H3,(H,30,34)(H,31,35). The van der Waals surface area contributed by atoms with Crippen LogP contribution in [0, 0.1) is 6.92 Å². The molecule has 188 valence electrons. The Balaban J connectivity index is 1.54. The Morgan fingerprint density at radius 3 is 2.19 bits per heavy atom. The van der Waals surface area contributed by atoms with Crippen molar-refractivity contribution in [3.63, 3.8) is 0 Å². The molecule has 0 saturated carbocycles. The van der Waals surface area contributed by atoms with Crippen molar-refractivity contribution >= 4 is 28.9 Å². The van der Waals surface area contributed by atoms with Crippen LogP contribution in [0.1, 0.15) is 39.6 Å². The fourth-order valence-corrected chi connectivity index (χ4v) is 4.51. The van der Waals surface area contributed by atoms with Gasteiger partial charge in [0.05, 0.1) is 18.4 Å². The minimum Gasteiger partial charge on any atom is -0.495 e. The SMILES string of the molecule is CCCNC(=O)c1cc(NC(=O)c2ccccc2C)ccc1N1CCN(c2ccccc2OC)CC1. The molecule has 1 aliphatic rings. The van der Waals surface area contributed by atoms with Gasteiger partial charge in [-0.1, -0.05) is 37.3 Å². The van der Waals surface area contributed by atoms with Crippen molar-refractivity contribution in [1.82, 2.24) is 5.32 Å². The lowest BCUT2D eigenvalue weighted by Crippen LogP contribution is -2.47. The largest absolute Gasteiger partial charge is 0.495 e. The van der Waals surface area contributed by atoms with E-state index in [0.29, 0.717) is 23.4 Å². The third kappa shape index (κ3) is 5.62. The molecule has 1 saturated heterocycles. The maximum Gasteiger partial charge on any atom is 0.255 e. The second-order valence-electron chi connectivity index (χ2n) is 8.90. The topological polar surface area (TPSA) is 73.9 Å². The molecule has 0 unspecified atom stereocenters. The Bertz CT molecular complexity index is 1220. The Morgan fingerprint density at radius 2 is 1.50 bits per heavy atom. The first-order chi connectivity index (χ1) is 17.5. The number of ether oxygens (including phenoxy) is 1. The number of aryl methyl sites for hydroxylation is 1. The Labute approximate surface area is 213 Å². The second kappa shape index (κ2) is 11.6. The van der Waals surface area contributed by atoms with Crippen LogP contribution in [0.2, 0.25) is 0 Å². The maximum atomic E-state index is 13.1. The molecule has 7 heteroatoms. The number of rotatable bonds is 8. The summed E-state index contributed by atoms with van der Waals surface area (Å²) in [7, 11) is 1.69. The summed E-state index contributed by atoms with van der Waals surface area (Å²) in [4.78, 5) is 30.5. The van der Waals surface area contributed by atoms with E-state index in [4.69, 9.17) is 4.74 Å². The van der Waals surface area contributed by atoms with Crippen LogP contribution in [0.3, 0.4) is 0 Å². The number of carbonyl (C=O) groups excluding carboxylic acids is 2. The van der Waals surface area contributed by atoms with Gasteiger partial charge in [0.1, 0.15) is 5.75 Å². The van der Waals surface area contributed by atoms with Crippen molar-refractivity contribution in [2.24, 2.45) is 0 Å². The first kappa shape index (κ1) is 25.1. The Kier molecular flexibility index (Phi) is 8.10. The van der Waals surface area contributed by atoms with E-state index in [1.807, 2.05) is 62.4 Å². The lowest BCUT2D eigenvalue weighted by atomic mass is 10.1. The molecule has 3 aromatic carbocycles. The number of amides is 2. The fraction of sp³-hybridized carbons (Fsp3) is 0.310. The summed E-state index contributed by atoms with van der Waals surface area (Å²) in [5.74, 6) is 0.538. The monoisotopic (exact) mass is 486 g/mol. The number of nitrogens with one attached hydrogen (secondary N) is 2. The lowest BCUT2D eigenvalue weighted by Gasteiger charge is -2.38. The van der Waals surface area contributed by atoms with E-state index in [1.54, 1.807) is 19.2 Å². The van der Waals surface area contributed by atoms with Gasteiger partial charge in [-0.25, -0.2) is 0 Å². The predicted octanol–water partition coefficient (Wildman–Crippen LogP) is 4.72. The van der Waals surface area contributed by atoms with Gasteiger partial charge in [-0.2, -0.15) is 0 Å². The lowest BCUT2D eigenvalue weighted by molar-refractivity contribution is 0.0952. The molecule has 1 fully saturated rings. The summed E-state index contributed by atoms with van der Waals surface area (Å²) in [6, 6.07) is 21.1. The molecule has 2 N–H and O–H groups in total. The van der Waals surface area contributed by atoms with E-state index >= 15 is 0 Å². The number of piperazine rings is 1. The Morgan fingerprint density at radius 1 is 0.833 bits per heavy atom. The molecule has 4 rings (SSSR count). The van der Waals surface area contributed by atoms with E-state index in [9.17, 15) is 9.59 Å².